The molecule has 0 aliphatic carbocycles. The van der Waals surface area contributed by atoms with Crippen molar-refractivity contribution in [3.8, 4) is 5.75 Å². The Bertz CT molecular complexity index is 922. The van der Waals surface area contributed by atoms with Gasteiger partial charge in [0.2, 0.25) is 0 Å². The summed E-state index contributed by atoms with van der Waals surface area (Å²) in [7, 11) is 1.61. The SMILES string of the molecule is CCNC(=O)c1cnc2c(OC)cccc2c1Nc1ccccc1C. The zero-order valence-corrected chi connectivity index (χ0v) is 14.6. The quantitative estimate of drug-likeness (QED) is 0.738. The van der Waals surface area contributed by atoms with Crippen LogP contribution in [0, 0.1) is 6.92 Å². The predicted molar refractivity (Wildman–Crippen MR) is 101 cm³/mol. The van der Waals surface area contributed by atoms with E-state index >= 15 is 0 Å². The number of hydrogen-bond donors (Lipinski definition) is 2. The lowest BCUT2D eigenvalue weighted by Gasteiger charge is -2.16. The number of fused-ring (bicyclic) bond motifs is 1. The number of anilines is 2. The molecule has 1 amide bonds. The Kier molecular flexibility index (Phi) is 4.84. The van der Waals surface area contributed by atoms with Crippen molar-refractivity contribution in [2.24, 2.45) is 0 Å². The summed E-state index contributed by atoms with van der Waals surface area (Å²) in [4.78, 5) is 17.0. The van der Waals surface area contributed by atoms with Crippen LogP contribution in [0.25, 0.3) is 10.9 Å². The van der Waals surface area contributed by atoms with E-state index in [2.05, 4.69) is 15.6 Å². The maximum atomic E-state index is 12.5. The summed E-state index contributed by atoms with van der Waals surface area (Å²) in [6.45, 7) is 4.47. The highest BCUT2D eigenvalue weighted by atomic mass is 16.5. The molecule has 3 aromatic rings. The lowest BCUT2D eigenvalue weighted by atomic mass is 10.1. The number of rotatable bonds is 5. The molecule has 0 aliphatic heterocycles. The zero-order valence-electron chi connectivity index (χ0n) is 14.6. The first kappa shape index (κ1) is 16.8. The van der Waals surface area contributed by atoms with E-state index in [9.17, 15) is 4.79 Å². The Hall–Kier alpha value is -3.08. The number of hydrogen-bond acceptors (Lipinski definition) is 4. The Labute approximate surface area is 147 Å². The third-order valence-electron chi connectivity index (χ3n) is 4.07. The molecule has 0 fully saturated rings. The van der Waals surface area contributed by atoms with Crippen LogP contribution in [-0.4, -0.2) is 24.5 Å². The minimum Gasteiger partial charge on any atom is -0.494 e. The van der Waals surface area contributed by atoms with Crippen LogP contribution in [0.15, 0.2) is 48.7 Å². The number of benzene rings is 2. The standard InChI is InChI=1S/C20H21N3O2/c1-4-21-20(24)15-12-22-19-14(9-7-11-17(19)25-3)18(15)23-16-10-6-5-8-13(16)2/h5-12H,4H2,1-3H3,(H,21,24)(H,22,23). The minimum atomic E-state index is -0.157. The van der Waals surface area contributed by atoms with E-state index in [1.165, 1.54) is 0 Å². The number of aromatic nitrogens is 1. The van der Waals surface area contributed by atoms with Gasteiger partial charge < -0.3 is 15.4 Å². The van der Waals surface area contributed by atoms with E-state index in [0.717, 1.165) is 22.3 Å². The van der Waals surface area contributed by atoms with E-state index in [1.54, 1.807) is 13.3 Å². The van der Waals surface area contributed by atoms with Crippen LogP contribution in [0.4, 0.5) is 11.4 Å². The fraction of sp³-hybridized carbons (Fsp3) is 0.200. The van der Waals surface area contributed by atoms with Crippen LogP contribution in [0.5, 0.6) is 5.75 Å². The zero-order chi connectivity index (χ0) is 17.8. The number of aryl methyl sites for hydroxylation is 1. The lowest BCUT2D eigenvalue weighted by molar-refractivity contribution is 0.0956. The second-order valence-corrected chi connectivity index (χ2v) is 5.70. The molecule has 0 unspecified atom stereocenters. The average molecular weight is 335 g/mol. The largest absolute Gasteiger partial charge is 0.494 e. The maximum Gasteiger partial charge on any atom is 0.254 e. The van der Waals surface area contributed by atoms with Gasteiger partial charge in [-0.05, 0) is 31.5 Å². The number of carbonyl (C=O) groups is 1. The topological polar surface area (TPSA) is 63.2 Å². The summed E-state index contributed by atoms with van der Waals surface area (Å²) in [5.41, 5.74) is 3.99. The molecule has 2 aromatic carbocycles. The molecule has 0 aliphatic rings. The molecule has 0 bridgehead atoms. The van der Waals surface area contributed by atoms with Gasteiger partial charge in [0.1, 0.15) is 11.3 Å². The number of nitrogens with one attached hydrogen (secondary N) is 2. The summed E-state index contributed by atoms with van der Waals surface area (Å²) in [6, 6.07) is 13.7. The number of nitrogens with zero attached hydrogens (tertiary/aromatic N) is 1. The molecular weight excluding hydrogens is 314 g/mol. The molecular formula is C20H21N3O2. The van der Waals surface area contributed by atoms with E-state index in [1.807, 2.05) is 56.3 Å². The molecule has 3 rings (SSSR count). The first-order valence-electron chi connectivity index (χ1n) is 8.22. The molecule has 0 saturated carbocycles. The van der Waals surface area contributed by atoms with E-state index in [0.29, 0.717) is 23.4 Å². The maximum absolute atomic E-state index is 12.5. The second kappa shape index (κ2) is 7.21. The molecule has 25 heavy (non-hydrogen) atoms. The van der Waals surface area contributed by atoms with E-state index in [-0.39, 0.29) is 5.91 Å². The van der Waals surface area contributed by atoms with Gasteiger partial charge in [0, 0.05) is 23.8 Å². The fourth-order valence-electron chi connectivity index (χ4n) is 2.77. The predicted octanol–water partition coefficient (Wildman–Crippen LogP) is 4.05. The first-order valence-corrected chi connectivity index (χ1v) is 8.22. The van der Waals surface area contributed by atoms with Crippen LogP contribution in [0.1, 0.15) is 22.8 Å². The van der Waals surface area contributed by atoms with Crippen molar-refractivity contribution in [2.45, 2.75) is 13.8 Å². The molecule has 1 heterocycles. The summed E-state index contributed by atoms with van der Waals surface area (Å²) in [5.74, 6) is 0.517. The van der Waals surface area contributed by atoms with Crippen molar-refractivity contribution < 1.29 is 9.53 Å². The van der Waals surface area contributed by atoms with Crippen molar-refractivity contribution >= 4 is 28.2 Å². The van der Waals surface area contributed by atoms with Gasteiger partial charge in [0.15, 0.2) is 0 Å². The van der Waals surface area contributed by atoms with E-state index in [4.69, 9.17) is 4.74 Å². The molecule has 128 valence electrons. The second-order valence-electron chi connectivity index (χ2n) is 5.70. The summed E-state index contributed by atoms with van der Waals surface area (Å²) in [5, 5.41) is 7.10. The number of pyridine rings is 1. The Morgan fingerprint density at radius 3 is 2.68 bits per heavy atom. The molecule has 2 N–H and O–H groups in total. The number of ether oxygens (including phenoxy) is 1. The Morgan fingerprint density at radius 2 is 1.96 bits per heavy atom. The summed E-state index contributed by atoms with van der Waals surface area (Å²) < 4.78 is 5.41. The monoisotopic (exact) mass is 335 g/mol. The van der Waals surface area contributed by atoms with Crippen LogP contribution in [-0.2, 0) is 0 Å². The highest BCUT2D eigenvalue weighted by Gasteiger charge is 2.17. The average Bonchev–Trinajstić information content (AvgIpc) is 2.63. The normalized spacial score (nSPS) is 10.5. The van der Waals surface area contributed by atoms with Crippen LogP contribution >= 0.6 is 0 Å². The number of methoxy groups -OCH3 is 1. The van der Waals surface area contributed by atoms with Gasteiger partial charge in [-0.15, -0.1) is 0 Å². The Balaban J connectivity index is 2.22. The van der Waals surface area contributed by atoms with Crippen molar-refractivity contribution in [1.82, 2.24) is 10.3 Å². The number of para-hydroxylation sites is 2. The lowest BCUT2D eigenvalue weighted by Crippen LogP contribution is -2.24. The van der Waals surface area contributed by atoms with Crippen LogP contribution in [0.2, 0.25) is 0 Å². The van der Waals surface area contributed by atoms with Gasteiger partial charge in [0.25, 0.3) is 5.91 Å². The van der Waals surface area contributed by atoms with Crippen LogP contribution in [0.3, 0.4) is 0 Å². The highest BCUT2D eigenvalue weighted by molar-refractivity contribution is 6.09. The van der Waals surface area contributed by atoms with E-state index < -0.39 is 0 Å². The van der Waals surface area contributed by atoms with Gasteiger partial charge >= 0.3 is 0 Å². The number of amides is 1. The highest BCUT2D eigenvalue weighted by Crippen LogP contribution is 2.34. The fourth-order valence-corrected chi connectivity index (χ4v) is 2.77. The van der Waals surface area contributed by atoms with Crippen molar-refractivity contribution in [2.75, 3.05) is 19.0 Å². The van der Waals surface area contributed by atoms with Gasteiger partial charge in [0.05, 0.1) is 18.4 Å². The van der Waals surface area contributed by atoms with Gasteiger partial charge in [-0.1, -0.05) is 30.3 Å². The molecule has 0 spiro atoms. The summed E-state index contributed by atoms with van der Waals surface area (Å²) >= 11 is 0. The van der Waals surface area contributed by atoms with Crippen molar-refractivity contribution in [1.29, 1.82) is 0 Å². The molecule has 1 aromatic heterocycles. The van der Waals surface area contributed by atoms with Crippen LogP contribution < -0.4 is 15.4 Å². The van der Waals surface area contributed by atoms with Gasteiger partial charge in [-0.3, -0.25) is 9.78 Å². The third-order valence-corrected chi connectivity index (χ3v) is 4.07. The molecule has 0 saturated heterocycles. The van der Waals surface area contributed by atoms with Crippen molar-refractivity contribution in [3.05, 3.63) is 59.8 Å². The molecule has 5 heteroatoms. The molecule has 0 atom stereocenters. The number of carbonyl (C=O) groups excluding carboxylic acids is 1. The first-order chi connectivity index (χ1) is 12.2. The van der Waals surface area contributed by atoms with Crippen molar-refractivity contribution in [3.63, 3.8) is 0 Å². The van der Waals surface area contributed by atoms with Gasteiger partial charge in [-0.2, -0.15) is 0 Å². The Morgan fingerprint density at radius 1 is 1.16 bits per heavy atom. The minimum absolute atomic E-state index is 0.157. The smallest absolute Gasteiger partial charge is 0.254 e. The van der Waals surface area contributed by atoms with Gasteiger partial charge in [-0.25, -0.2) is 0 Å². The molecule has 5 nitrogen and oxygen atoms in total. The third kappa shape index (κ3) is 3.26. The molecule has 0 radical (unpaired) electrons. The summed E-state index contributed by atoms with van der Waals surface area (Å²) in [6.07, 6.45) is 1.59.